The van der Waals surface area contributed by atoms with Crippen molar-refractivity contribution in [1.29, 1.82) is 0 Å². The molecule has 2 unspecified atom stereocenters. The molecule has 0 bridgehead atoms. The van der Waals surface area contributed by atoms with E-state index < -0.39 is 0 Å². The Hall–Kier alpha value is 0. The second-order valence-electron chi connectivity index (χ2n) is 6.88. The van der Waals surface area contributed by atoms with Crippen LogP contribution >= 0.6 is 0 Å². The number of hydrogen-bond donors (Lipinski definition) is 0. The first-order valence-electron chi connectivity index (χ1n) is 5.61. The van der Waals surface area contributed by atoms with Crippen molar-refractivity contribution >= 4 is 0 Å². The molecule has 0 amide bonds. The van der Waals surface area contributed by atoms with Gasteiger partial charge >= 0.3 is 0 Å². The molecule has 0 N–H and O–H groups in total. The van der Waals surface area contributed by atoms with Crippen LogP contribution in [0.3, 0.4) is 0 Å². The van der Waals surface area contributed by atoms with Crippen LogP contribution < -0.4 is 0 Å². The molecule has 1 aliphatic rings. The summed E-state index contributed by atoms with van der Waals surface area (Å²) in [5.41, 5.74) is 1.51. The fraction of sp³-hybridized carbons (Fsp3) is 1.00. The van der Waals surface area contributed by atoms with Crippen LogP contribution in [0, 0.1) is 22.2 Å². The maximum Gasteiger partial charge on any atom is -0.0246 e. The molecule has 1 fully saturated rings. The normalized spacial score (nSPS) is 39.5. The molecule has 13 heavy (non-hydrogen) atoms. The van der Waals surface area contributed by atoms with E-state index in [1.165, 1.54) is 12.8 Å². The first-order chi connectivity index (χ1) is 5.61. The molecule has 0 nitrogen and oxygen atoms in total. The highest BCUT2D eigenvalue weighted by Gasteiger charge is 2.52. The van der Waals surface area contributed by atoms with Gasteiger partial charge in [-0.15, -0.1) is 0 Å². The van der Waals surface area contributed by atoms with Crippen LogP contribution in [0.2, 0.25) is 0 Å². The van der Waals surface area contributed by atoms with Gasteiger partial charge < -0.3 is 0 Å². The molecule has 1 aliphatic carbocycles. The highest BCUT2D eigenvalue weighted by atomic mass is 14.6. The quantitative estimate of drug-likeness (QED) is 0.517. The van der Waals surface area contributed by atoms with Crippen molar-refractivity contribution in [2.45, 2.75) is 61.3 Å². The molecule has 0 heterocycles. The maximum absolute atomic E-state index is 2.48. The van der Waals surface area contributed by atoms with Gasteiger partial charge in [0.15, 0.2) is 0 Å². The van der Waals surface area contributed by atoms with Gasteiger partial charge in [-0.05, 0) is 35.0 Å². The summed E-state index contributed by atoms with van der Waals surface area (Å²) in [6.45, 7) is 17.0. The third kappa shape index (κ3) is 1.53. The Balaban J connectivity index is 2.97. The Kier molecular flexibility index (Phi) is 2.34. The molecule has 1 rings (SSSR count). The summed E-state index contributed by atoms with van der Waals surface area (Å²) >= 11 is 0. The lowest BCUT2D eigenvalue weighted by atomic mass is 9.60. The molecule has 0 spiro atoms. The summed E-state index contributed by atoms with van der Waals surface area (Å²) in [6.07, 6.45) is 2.78. The summed E-state index contributed by atoms with van der Waals surface area (Å²) in [5, 5.41) is 0. The highest BCUT2D eigenvalue weighted by molar-refractivity contribution is 5.01. The lowest BCUT2D eigenvalue weighted by Crippen LogP contribution is -2.38. The molecule has 0 aliphatic heterocycles. The fourth-order valence-electron chi connectivity index (χ4n) is 2.90. The van der Waals surface area contributed by atoms with Crippen LogP contribution in [-0.4, -0.2) is 0 Å². The van der Waals surface area contributed by atoms with E-state index in [0.29, 0.717) is 16.2 Å². The zero-order valence-electron chi connectivity index (χ0n) is 10.5. The summed E-state index contributed by atoms with van der Waals surface area (Å²) in [5.74, 6) is 0.833. The third-order valence-corrected chi connectivity index (χ3v) is 5.13. The van der Waals surface area contributed by atoms with Gasteiger partial charge in [0.05, 0.1) is 0 Å². The summed E-state index contributed by atoms with van der Waals surface area (Å²) in [7, 11) is 0. The van der Waals surface area contributed by atoms with Gasteiger partial charge in [-0.3, -0.25) is 0 Å². The zero-order chi connectivity index (χ0) is 10.5. The number of hydrogen-bond acceptors (Lipinski definition) is 0. The zero-order valence-corrected chi connectivity index (χ0v) is 10.5. The second kappa shape index (κ2) is 2.74. The standard InChI is InChI=1S/C13H26/c1-10-12(5,6)8-9-13(10,7)11(2,3)4/h10H,8-9H2,1-7H3. The first kappa shape index (κ1) is 11.1. The molecule has 78 valence electrons. The maximum atomic E-state index is 2.48. The van der Waals surface area contributed by atoms with Crippen molar-refractivity contribution in [3.8, 4) is 0 Å². The molecule has 1 saturated carbocycles. The Morgan fingerprint density at radius 2 is 1.46 bits per heavy atom. The molecule has 0 radical (unpaired) electrons. The topological polar surface area (TPSA) is 0 Å². The van der Waals surface area contributed by atoms with Crippen LogP contribution in [-0.2, 0) is 0 Å². The molecular formula is C13H26. The van der Waals surface area contributed by atoms with Gasteiger partial charge in [0.25, 0.3) is 0 Å². The molecule has 2 atom stereocenters. The molecule has 0 saturated heterocycles. The summed E-state index contributed by atoms with van der Waals surface area (Å²) in [4.78, 5) is 0. The smallest absolute Gasteiger partial charge is 0.0246 e. The minimum Gasteiger partial charge on any atom is -0.0615 e. The lowest BCUT2D eigenvalue weighted by molar-refractivity contribution is 0.0380. The van der Waals surface area contributed by atoms with Crippen LogP contribution in [0.15, 0.2) is 0 Å². The van der Waals surface area contributed by atoms with Gasteiger partial charge in [0.2, 0.25) is 0 Å². The van der Waals surface area contributed by atoms with E-state index >= 15 is 0 Å². The van der Waals surface area contributed by atoms with Crippen molar-refractivity contribution < 1.29 is 0 Å². The molecule has 0 aromatic heterocycles. The van der Waals surface area contributed by atoms with Gasteiger partial charge in [-0.25, -0.2) is 0 Å². The van der Waals surface area contributed by atoms with E-state index in [4.69, 9.17) is 0 Å². The average molecular weight is 182 g/mol. The molecular weight excluding hydrogens is 156 g/mol. The van der Waals surface area contributed by atoms with E-state index in [0.717, 1.165) is 5.92 Å². The van der Waals surface area contributed by atoms with Gasteiger partial charge in [-0.2, -0.15) is 0 Å². The second-order valence-corrected chi connectivity index (χ2v) is 6.88. The SMILES string of the molecule is CC1C(C)(C)CCC1(C)C(C)(C)C. The molecule has 0 aromatic rings. The summed E-state index contributed by atoms with van der Waals surface area (Å²) < 4.78 is 0. The average Bonchev–Trinajstić information content (AvgIpc) is 2.14. The predicted molar refractivity (Wildman–Crippen MR) is 59.7 cm³/mol. The van der Waals surface area contributed by atoms with E-state index in [9.17, 15) is 0 Å². The van der Waals surface area contributed by atoms with Crippen LogP contribution in [0.4, 0.5) is 0 Å². The van der Waals surface area contributed by atoms with E-state index in [2.05, 4.69) is 48.5 Å². The lowest BCUT2D eigenvalue weighted by Gasteiger charge is -2.45. The van der Waals surface area contributed by atoms with Crippen molar-refractivity contribution in [2.24, 2.45) is 22.2 Å². The Morgan fingerprint density at radius 1 is 1.00 bits per heavy atom. The largest absolute Gasteiger partial charge is 0.0615 e. The van der Waals surface area contributed by atoms with Crippen molar-refractivity contribution in [3.05, 3.63) is 0 Å². The van der Waals surface area contributed by atoms with Crippen LogP contribution in [0.5, 0.6) is 0 Å². The monoisotopic (exact) mass is 182 g/mol. The molecule has 0 heteroatoms. The van der Waals surface area contributed by atoms with Gasteiger partial charge in [0.1, 0.15) is 0 Å². The van der Waals surface area contributed by atoms with Crippen LogP contribution in [0.25, 0.3) is 0 Å². The Labute approximate surface area is 84.1 Å². The Bertz CT molecular complexity index is 195. The first-order valence-corrected chi connectivity index (χ1v) is 5.61. The van der Waals surface area contributed by atoms with E-state index in [1.54, 1.807) is 0 Å². The predicted octanol–water partition coefficient (Wildman–Crippen LogP) is 4.49. The fourth-order valence-corrected chi connectivity index (χ4v) is 2.90. The highest BCUT2D eigenvalue weighted by Crippen LogP contribution is 2.60. The number of rotatable bonds is 0. The minimum absolute atomic E-state index is 0.445. The van der Waals surface area contributed by atoms with Crippen LogP contribution in [0.1, 0.15) is 61.3 Å². The van der Waals surface area contributed by atoms with Crippen molar-refractivity contribution in [3.63, 3.8) is 0 Å². The summed E-state index contributed by atoms with van der Waals surface area (Å²) in [6, 6.07) is 0. The third-order valence-electron chi connectivity index (χ3n) is 5.13. The molecule has 0 aromatic carbocycles. The Morgan fingerprint density at radius 3 is 1.62 bits per heavy atom. The van der Waals surface area contributed by atoms with E-state index in [1.807, 2.05) is 0 Å². The van der Waals surface area contributed by atoms with Gasteiger partial charge in [0, 0.05) is 0 Å². The minimum atomic E-state index is 0.445. The van der Waals surface area contributed by atoms with Crippen molar-refractivity contribution in [2.75, 3.05) is 0 Å². The van der Waals surface area contributed by atoms with Crippen molar-refractivity contribution in [1.82, 2.24) is 0 Å². The van der Waals surface area contributed by atoms with Gasteiger partial charge in [-0.1, -0.05) is 48.5 Å². The van der Waals surface area contributed by atoms with E-state index in [-0.39, 0.29) is 0 Å².